The molecule has 1 aromatic heterocycles. The quantitative estimate of drug-likeness (QED) is 0.342. The lowest BCUT2D eigenvalue weighted by molar-refractivity contribution is -0.124. The highest BCUT2D eigenvalue weighted by molar-refractivity contribution is 5.88. The molecule has 36 heavy (non-hydrogen) atoms. The number of nitrogens with zero attached hydrogens (tertiary/aromatic N) is 3. The first-order chi connectivity index (χ1) is 17.6. The summed E-state index contributed by atoms with van der Waals surface area (Å²) in [6.07, 6.45) is 0.573. The third-order valence-electron chi connectivity index (χ3n) is 5.34. The molecule has 184 valence electrons. The molecule has 0 aliphatic rings. The van der Waals surface area contributed by atoms with Crippen molar-refractivity contribution in [2.45, 2.75) is 6.42 Å². The van der Waals surface area contributed by atoms with Gasteiger partial charge in [-0.1, -0.05) is 54.6 Å². The number of carbonyl (C=O) groups is 2. The highest BCUT2D eigenvalue weighted by Crippen LogP contribution is 2.27. The summed E-state index contributed by atoms with van der Waals surface area (Å²) >= 11 is 0. The lowest BCUT2D eigenvalue weighted by Gasteiger charge is -2.10. The van der Waals surface area contributed by atoms with Gasteiger partial charge >= 0.3 is 5.97 Å². The minimum absolute atomic E-state index is 0.129. The maximum Gasteiger partial charge on any atom is 0.378 e. The Morgan fingerprint density at radius 1 is 0.889 bits per heavy atom. The molecule has 0 spiro atoms. The highest BCUT2D eigenvalue weighted by Gasteiger charge is 2.20. The second kappa shape index (κ2) is 11.7. The van der Waals surface area contributed by atoms with E-state index in [2.05, 4.69) is 15.4 Å². The number of rotatable bonds is 10. The number of nitrogens with one attached hydrogen (secondary N) is 1. The minimum atomic E-state index is -0.781. The molecule has 1 N–H and O–H groups in total. The van der Waals surface area contributed by atoms with E-state index < -0.39 is 18.5 Å². The summed E-state index contributed by atoms with van der Waals surface area (Å²) in [5.41, 5.74) is 2.51. The van der Waals surface area contributed by atoms with Gasteiger partial charge in [-0.25, -0.2) is 14.5 Å². The Morgan fingerprint density at radius 3 is 2.28 bits per heavy atom. The van der Waals surface area contributed by atoms with Crippen molar-refractivity contribution in [3.8, 4) is 28.6 Å². The molecule has 0 fully saturated rings. The number of hydrogen-bond donors (Lipinski definition) is 1. The number of aromatic nitrogens is 3. The number of hydrogen-bond acceptors (Lipinski definition) is 7. The number of carbonyl (C=O) groups excluding carboxylic acids is 2. The first kappa shape index (κ1) is 24.5. The van der Waals surface area contributed by atoms with E-state index in [-0.39, 0.29) is 5.82 Å². The zero-order chi connectivity index (χ0) is 25.3. The van der Waals surface area contributed by atoms with Crippen LogP contribution in [0.2, 0.25) is 0 Å². The molecule has 1 heterocycles. The highest BCUT2D eigenvalue weighted by atomic mass is 16.5. The van der Waals surface area contributed by atoms with Gasteiger partial charge in [0, 0.05) is 12.1 Å². The van der Waals surface area contributed by atoms with Gasteiger partial charge in [-0.05, 0) is 36.2 Å². The monoisotopic (exact) mass is 486 g/mol. The maximum atomic E-state index is 12.6. The van der Waals surface area contributed by atoms with Crippen LogP contribution in [0.25, 0.3) is 17.1 Å². The lowest BCUT2D eigenvalue weighted by Crippen LogP contribution is -2.30. The van der Waals surface area contributed by atoms with Gasteiger partial charge < -0.3 is 19.5 Å². The van der Waals surface area contributed by atoms with Crippen molar-refractivity contribution in [3.63, 3.8) is 0 Å². The van der Waals surface area contributed by atoms with Crippen LogP contribution in [-0.2, 0) is 16.0 Å². The molecule has 4 aromatic rings. The van der Waals surface area contributed by atoms with E-state index in [0.717, 1.165) is 16.8 Å². The SMILES string of the molecule is COc1ccc(CCNC(=O)COC(=O)c2nc(-c3ccccc3)n(-c3ccccc3)n2)cc1OC. The molecular formula is C27H26N4O5. The molecule has 0 radical (unpaired) electrons. The first-order valence-corrected chi connectivity index (χ1v) is 11.3. The minimum Gasteiger partial charge on any atom is -0.493 e. The van der Waals surface area contributed by atoms with Crippen LogP contribution in [0, 0.1) is 0 Å². The molecule has 0 aliphatic carbocycles. The van der Waals surface area contributed by atoms with Gasteiger partial charge in [0.15, 0.2) is 23.9 Å². The predicted molar refractivity (Wildman–Crippen MR) is 133 cm³/mol. The van der Waals surface area contributed by atoms with E-state index in [1.165, 1.54) is 0 Å². The normalized spacial score (nSPS) is 10.5. The van der Waals surface area contributed by atoms with Crippen LogP contribution >= 0.6 is 0 Å². The summed E-state index contributed by atoms with van der Waals surface area (Å²) in [5.74, 6) is 0.416. The second-order valence-corrected chi connectivity index (χ2v) is 7.74. The summed E-state index contributed by atoms with van der Waals surface area (Å²) < 4.78 is 17.3. The largest absolute Gasteiger partial charge is 0.493 e. The summed E-state index contributed by atoms with van der Waals surface area (Å²) in [7, 11) is 3.14. The summed E-state index contributed by atoms with van der Waals surface area (Å²) in [5, 5.41) is 7.08. The number of methoxy groups -OCH3 is 2. The topological polar surface area (TPSA) is 105 Å². The van der Waals surface area contributed by atoms with Crippen LogP contribution in [0.3, 0.4) is 0 Å². The third kappa shape index (κ3) is 5.87. The fourth-order valence-corrected chi connectivity index (χ4v) is 3.55. The molecule has 3 aromatic carbocycles. The second-order valence-electron chi connectivity index (χ2n) is 7.74. The predicted octanol–water partition coefficient (Wildman–Crippen LogP) is 3.47. The molecular weight excluding hydrogens is 460 g/mol. The first-order valence-electron chi connectivity index (χ1n) is 11.3. The number of esters is 1. The Balaban J connectivity index is 1.36. The zero-order valence-electron chi connectivity index (χ0n) is 20.0. The van der Waals surface area contributed by atoms with Crippen molar-refractivity contribution in [2.24, 2.45) is 0 Å². The molecule has 9 heteroatoms. The number of para-hydroxylation sites is 1. The van der Waals surface area contributed by atoms with Crippen molar-refractivity contribution >= 4 is 11.9 Å². The van der Waals surface area contributed by atoms with Crippen molar-refractivity contribution in [3.05, 3.63) is 90.3 Å². The molecule has 0 unspecified atom stereocenters. The van der Waals surface area contributed by atoms with Gasteiger partial charge in [0.2, 0.25) is 0 Å². The van der Waals surface area contributed by atoms with Crippen molar-refractivity contribution in [1.82, 2.24) is 20.1 Å². The van der Waals surface area contributed by atoms with Crippen LogP contribution in [0.5, 0.6) is 11.5 Å². The van der Waals surface area contributed by atoms with Crippen LogP contribution in [0.1, 0.15) is 16.2 Å². The zero-order valence-corrected chi connectivity index (χ0v) is 20.0. The average Bonchev–Trinajstić information content (AvgIpc) is 3.38. The number of amides is 1. The Labute approximate surface area is 208 Å². The van der Waals surface area contributed by atoms with Crippen molar-refractivity contribution < 1.29 is 23.8 Å². The fourth-order valence-electron chi connectivity index (χ4n) is 3.55. The van der Waals surface area contributed by atoms with Gasteiger partial charge in [0.25, 0.3) is 11.7 Å². The molecule has 9 nitrogen and oxygen atoms in total. The van der Waals surface area contributed by atoms with Gasteiger partial charge in [-0.15, -0.1) is 5.10 Å². The van der Waals surface area contributed by atoms with E-state index in [1.807, 2.05) is 78.9 Å². The Bertz CT molecular complexity index is 1270. The Morgan fingerprint density at radius 2 is 1.58 bits per heavy atom. The molecule has 0 bridgehead atoms. The van der Waals surface area contributed by atoms with Gasteiger partial charge in [-0.2, -0.15) is 0 Å². The standard InChI is InChI=1S/C27H26N4O5/c1-34-22-14-13-19(17-23(22)35-2)15-16-28-24(32)18-36-27(33)25-29-26(20-9-5-3-6-10-20)31(30-25)21-11-7-4-8-12-21/h3-14,17H,15-16,18H2,1-2H3,(H,28,32). The Hall–Kier alpha value is -4.66. The van der Waals surface area contributed by atoms with Crippen LogP contribution in [0.4, 0.5) is 0 Å². The van der Waals surface area contributed by atoms with E-state index in [9.17, 15) is 9.59 Å². The lowest BCUT2D eigenvalue weighted by atomic mass is 10.1. The van der Waals surface area contributed by atoms with E-state index in [4.69, 9.17) is 14.2 Å². The summed E-state index contributed by atoms with van der Waals surface area (Å²) in [6.45, 7) is -0.0732. The molecule has 0 atom stereocenters. The fraction of sp³-hybridized carbons (Fsp3) is 0.185. The molecule has 0 aliphatic heterocycles. The smallest absolute Gasteiger partial charge is 0.378 e. The summed E-state index contributed by atoms with van der Waals surface area (Å²) in [4.78, 5) is 29.3. The Kier molecular flexibility index (Phi) is 7.92. The van der Waals surface area contributed by atoms with Gasteiger partial charge in [0.1, 0.15) is 0 Å². The van der Waals surface area contributed by atoms with Crippen molar-refractivity contribution in [1.29, 1.82) is 0 Å². The van der Waals surface area contributed by atoms with E-state index in [0.29, 0.717) is 30.3 Å². The van der Waals surface area contributed by atoms with Gasteiger partial charge in [-0.3, -0.25) is 4.79 Å². The van der Waals surface area contributed by atoms with Crippen LogP contribution in [-0.4, -0.2) is 54.0 Å². The molecule has 4 rings (SSSR count). The van der Waals surface area contributed by atoms with Crippen LogP contribution in [0.15, 0.2) is 78.9 Å². The third-order valence-corrected chi connectivity index (χ3v) is 5.34. The van der Waals surface area contributed by atoms with E-state index >= 15 is 0 Å². The van der Waals surface area contributed by atoms with Crippen molar-refractivity contribution in [2.75, 3.05) is 27.4 Å². The molecule has 0 saturated carbocycles. The molecule has 1 amide bonds. The average molecular weight is 487 g/mol. The number of ether oxygens (including phenoxy) is 3. The van der Waals surface area contributed by atoms with E-state index in [1.54, 1.807) is 18.9 Å². The summed E-state index contributed by atoms with van der Waals surface area (Å²) in [6, 6.07) is 24.3. The van der Waals surface area contributed by atoms with Crippen LogP contribution < -0.4 is 14.8 Å². The maximum absolute atomic E-state index is 12.6. The number of benzene rings is 3. The van der Waals surface area contributed by atoms with Gasteiger partial charge in [0.05, 0.1) is 19.9 Å². The molecule has 0 saturated heterocycles.